The Hall–Kier alpha value is -1.16. The van der Waals surface area contributed by atoms with Gasteiger partial charge in [0.05, 0.1) is 11.8 Å². The molecule has 1 aromatic carbocycles. The van der Waals surface area contributed by atoms with E-state index < -0.39 is 11.6 Å². The van der Waals surface area contributed by atoms with Gasteiger partial charge in [0, 0.05) is 12.6 Å². The number of benzene rings is 1. The normalized spacial score (nSPS) is 24.6. The Balaban J connectivity index is 2.02. The Morgan fingerprint density at radius 1 is 1.41 bits per heavy atom. The molecule has 0 radical (unpaired) electrons. The quantitative estimate of drug-likeness (QED) is 0.876. The van der Waals surface area contributed by atoms with Crippen molar-refractivity contribution >= 4 is 5.69 Å². The van der Waals surface area contributed by atoms with Crippen molar-refractivity contribution in [2.45, 2.75) is 38.3 Å². The fourth-order valence-electron chi connectivity index (χ4n) is 2.13. The predicted octanol–water partition coefficient (Wildman–Crippen LogP) is 3.33. The third-order valence-electron chi connectivity index (χ3n) is 3.13. The van der Waals surface area contributed by atoms with E-state index in [1.165, 1.54) is 6.07 Å². The van der Waals surface area contributed by atoms with Crippen LogP contribution < -0.4 is 5.32 Å². The number of rotatable bonds is 3. The highest BCUT2D eigenvalue weighted by atomic mass is 19.2. The minimum Gasteiger partial charge on any atom is -0.380 e. The zero-order valence-electron chi connectivity index (χ0n) is 9.88. The lowest BCUT2D eigenvalue weighted by Gasteiger charge is -2.30. The molecule has 0 bridgehead atoms. The first kappa shape index (κ1) is 12.3. The minimum absolute atomic E-state index is 0.157. The number of halogens is 2. The Morgan fingerprint density at radius 3 is 3.00 bits per heavy atom. The maximum absolute atomic E-state index is 13.5. The highest BCUT2D eigenvalue weighted by Gasteiger charge is 2.22. The highest BCUT2D eigenvalue weighted by molar-refractivity contribution is 5.45. The molecule has 1 aliphatic heterocycles. The average Bonchev–Trinajstić information content (AvgIpc) is 2.35. The molecule has 2 nitrogen and oxygen atoms in total. The summed E-state index contributed by atoms with van der Waals surface area (Å²) in [6.45, 7) is 2.74. The monoisotopic (exact) mass is 241 g/mol. The molecule has 1 aliphatic rings. The van der Waals surface area contributed by atoms with Gasteiger partial charge < -0.3 is 10.1 Å². The summed E-state index contributed by atoms with van der Waals surface area (Å²) in [5.74, 6) is -1.61. The van der Waals surface area contributed by atoms with E-state index in [-0.39, 0.29) is 17.8 Å². The summed E-state index contributed by atoms with van der Waals surface area (Å²) in [6, 6.07) is 4.36. The van der Waals surface area contributed by atoms with Gasteiger partial charge in [0.1, 0.15) is 0 Å². The van der Waals surface area contributed by atoms with Crippen molar-refractivity contribution in [1.29, 1.82) is 0 Å². The molecule has 1 heterocycles. The van der Waals surface area contributed by atoms with Crippen molar-refractivity contribution in [1.82, 2.24) is 0 Å². The molecule has 2 atom stereocenters. The second-order valence-corrected chi connectivity index (χ2v) is 4.37. The fourth-order valence-corrected chi connectivity index (χ4v) is 2.13. The number of anilines is 1. The van der Waals surface area contributed by atoms with Crippen LogP contribution in [0, 0.1) is 11.6 Å². The smallest absolute Gasteiger partial charge is 0.181 e. The van der Waals surface area contributed by atoms with Crippen LogP contribution in [0.1, 0.15) is 26.2 Å². The molecule has 2 rings (SSSR count). The van der Waals surface area contributed by atoms with Crippen LogP contribution >= 0.6 is 0 Å². The lowest BCUT2D eigenvalue weighted by atomic mass is 10.0. The molecule has 1 saturated heterocycles. The molecule has 1 N–H and O–H groups in total. The van der Waals surface area contributed by atoms with E-state index in [0.29, 0.717) is 6.61 Å². The third-order valence-corrected chi connectivity index (χ3v) is 3.13. The molecule has 0 aromatic heterocycles. The largest absolute Gasteiger partial charge is 0.380 e. The molecule has 1 aromatic rings. The van der Waals surface area contributed by atoms with E-state index in [2.05, 4.69) is 12.2 Å². The molecule has 1 fully saturated rings. The molecule has 0 aliphatic carbocycles. The van der Waals surface area contributed by atoms with Crippen molar-refractivity contribution in [3.8, 4) is 0 Å². The molecular formula is C13H17F2NO. The zero-order chi connectivity index (χ0) is 12.3. The van der Waals surface area contributed by atoms with Crippen LogP contribution in [0.25, 0.3) is 0 Å². The predicted molar refractivity (Wildman–Crippen MR) is 63.0 cm³/mol. The van der Waals surface area contributed by atoms with Crippen LogP contribution in [0.5, 0.6) is 0 Å². The van der Waals surface area contributed by atoms with Gasteiger partial charge in [0.25, 0.3) is 0 Å². The Bertz CT molecular complexity index is 384. The first-order chi connectivity index (χ1) is 8.20. The summed E-state index contributed by atoms with van der Waals surface area (Å²) < 4.78 is 32.0. The highest BCUT2D eigenvalue weighted by Crippen LogP contribution is 2.23. The maximum Gasteiger partial charge on any atom is 0.181 e. The lowest BCUT2D eigenvalue weighted by molar-refractivity contribution is 0.00920. The molecule has 94 valence electrons. The summed E-state index contributed by atoms with van der Waals surface area (Å²) in [5.41, 5.74) is 0.242. The fraction of sp³-hybridized carbons (Fsp3) is 0.538. The molecular weight excluding hydrogens is 224 g/mol. The summed E-state index contributed by atoms with van der Waals surface area (Å²) in [7, 11) is 0. The van der Waals surface area contributed by atoms with E-state index in [4.69, 9.17) is 4.74 Å². The van der Waals surface area contributed by atoms with Crippen molar-refractivity contribution < 1.29 is 13.5 Å². The standard InChI is InChI=1S/C13H17F2NO/c1-2-10-8-9(6-7-17-10)16-12-5-3-4-11(14)13(12)15/h3-5,9-10,16H,2,6-8H2,1H3. The van der Waals surface area contributed by atoms with Gasteiger partial charge in [-0.15, -0.1) is 0 Å². The SMILES string of the molecule is CCC1CC(Nc2cccc(F)c2F)CCO1. The molecule has 0 saturated carbocycles. The number of ether oxygens (including phenoxy) is 1. The van der Waals surface area contributed by atoms with Gasteiger partial charge in [0.2, 0.25) is 0 Å². The van der Waals surface area contributed by atoms with Crippen molar-refractivity contribution in [3.05, 3.63) is 29.8 Å². The first-order valence-electron chi connectivity index (χ1n) is 6.03. The summed E-state index contributed by atoms with van der Waals surface area (Å²) >= 11 is 0. The van der Waals surface area contributed by atoms with Gasteiger partial charge in [-0.1, -0.05) is 13.0 Å². The first-order valence-corrected chi connectivity index (χ1v) is 6.03. The van der Waals surface area contributed by atoms with Gasteiger partial charge in [-0.25, -0.2) is 8.78 Å². The van der Waals surface area contributed by atoms with Gasteiger partial charge in [-0.05, 0) is 31.4 Å². The molecule has 0 spiro atoms. The average molecular weight is 241 g/mol. The van der Waals surface area contributed by atoms with E-state index in [1.54, 1.807) is 6.07 Å². The minimum atomic E-state index is -0.811. The third kappa shape index (κ3) is 2.94. The summed E-state index contributed by atoms with van der Waals surface area (Å²) in [5, 5.41) is 3.06. The van der Waals surface area contributed by atoms with Crippen LogP contribution in [0.15, 0.2) is 18.2 Å². The van der Waals surface area contributed by atoms with Crippen LogP contribution in [0.2, 0.25) is 0 Å². The van der Waals surface area contributed by atoms with Crippen LogP contribution in [0.3, 0.4) is 0 Å². The molecule has 2 unspecified atom stereocenters. The summed E-state index contributed by atoms with van der Waals surface area (Å²) in [4.78, 5) is 0. The van der Waals surface area contributed by atoms with Crippen LogP contribution in [-0.2, 0) is 4.74 Å². The van der Waals surface area contributed by atoms with E-state index in [0.717, 1.165) is 25.3 Å². The van der Waals surface area contributed by atoms with Crippen LogP contribution in [-0.4, -0.2) is 18.8 Å². The number of nitrogens with one attached hydrogen (secondary N) is 1. The zero-order valence-corrected chi connectivity index (χ0v) is 9.88. The second-order valence-electron chi connectivity index (χ2n) is 4.37. The second kappa shape index (κ2) is 5.45. The molecule has 4 heteroatoms. The van der Waals surface area contributed by atoms with Gasteiger partial charge in [-0.2, -0.15) is 0 Å². The van der Waals surface area contributed by atoms with Gasteiger partial charge in [-0.3, -0.25) is 0 Å². The Labute approximate surface area is 100.0 Å². The van der Waals surface area contributed by atoms with Gasteiger partial charge in [0.15, 0.2) is 11.6 Å². The maximum atomic E-state index is 13.5. The topological polar surface area (TPSA) is 21.3 Å². The van der Waals surface area contributed by atoms with Gasteiger partial charge >= 0.3 is 0 Å². The van der Waals surface area contributed by atoms with E-state index in [1.807, 2.05) is 0 Å². The van der Waals surface area contributed by atoms with Crippen molar-refractivity contribution in [3.63, 3.8) is 0 Å². The Kier molecular flexibility index (Phi) is 3.94. The van der Waals surface area contributed by atoms with Crippen LogP contribution in [0.4, 0.5) is 14.5 Å². The number of hydrogen-bond donors (Lipinski definition) is 1. The molecule has 0 amide bonds. The Morgan fingerprint density at radius 2 is 2.24 bits per heavy atom. The van der Waals surface area contributed by atoms with E-state index >= 15 is 0 Å². The molecule has 17 heavy (non-hydrogen) atoms. The summed E-state index contributed by atoms with van der Waals surface area (Å²) in [6.07, 6.45) is 2.83. The number of hydrogen-bond acceptors (Lipinski definition) is 2. The lowest BCUT2D eigenvalue weighted by Crippen LogP contribution is -2.34. The van der Waals surface area contributed by atoms with Crippen molar-refractivity contribution in [2.75, 3.05) is 11.9 Å². The van der Waals surface area contributed by atoms with E-state index in [9.17, 15) is 8.78 Å². The van der Waals surface area contributed by atoms with Crippen molar-refractivity contribution in [2.24, 2.45) is 0 Å².